The van der Waals surface area contributed by atoms with Crippen molar-refractivity contribution in [2.75, 3.05) is 18.6 Å². The van der Waals surface area contributed by atoms with Gasteiger partial charge in [-0.05, 0) is 61.0 Å². The molecule has 7 nitrogen and oxygen atoms in total. The van der Waals surface area contributed by atoms with Crippen LogP contribution in [0, 0.1) is 11.6 Å². The predicted octanol–water partition coefficient (Wildman–Crippen LogP) is 7.45. The van der Waals surface area contributed by atoms with Crippen LogP contribution in [0.5, 0.6) is 5.75 Å². The third-order valence-electron chi connectivity index (χ3n) is 8.63. The smallest absolute Gasteiger partial charge is 0.230 e. The van der Waals surface area contributed by atoms with Crippen molar-refractivity contribution in [3.8, 4) is 16.9 Å². The first kappa shape index (κ1) is 29.1. The summed E-state index contributed by atoms with van der Waals surface area (Å²) < 4.78 is 45.4. The second kappa shape index (κ2) is 11.1. The van der Waals surface area contributed by atoms with Crippen molar-refractivity contribution in [2.24, 2.45) is 0 Å². The van der Waals surface area contributed by atoms with Gasteiger partial charge in [-0.25, -0.2) is 13.8 Å². The van der Waals surface area contributed by atoms with Gasteiger partial charge < -0.3 is 14.0 Å². The summed E-state index contributed by atoms with van der Waals surface area (Å²) in [6.45, 7) is 2.22. The van der Waals surface area contributed by atoms with Crippen LogP contribution < -0.4 is 9.64 Å². The van der Waals surface area contributed by atoms with Gasteiger partial charge in [-0.15, -0.1) is 0 Å². The number of imidazole rings is 1. The number of benzene rings is 4. The van der Waals surface area contributed by atoms with E-state index in [1.807, 2.05) is 16.7 Å². The predicted molar refractivity (Wildman–Crippen MR) is 167 cm³/mol. The molecule has 0 aliphatic carbocycles. The van der Waals surface area contributed by atoms with Crippen LogP contribution in [0.1, 0.15) is 47.1 Å². The van der Waals surface area contributed by atoms with E-state index in [4.69, 9.17) is 21.1 Å². The number of methoxy groups -OCH3 is 1. The van der Waals surface area contributed by atoms with Crippen LogP contribution in [0.4, 0.5) is 14.5 Å². The number of anilines is 1. The molecule has 0 N–H and O–H groups in total. The van der Waals surface area contributed by atoms with Gasteiger partial charge in [0, 0.05) is 60.2 Å². The van der Waals surface area contributed by atoms with E-state index in [9.17, 15) is 9.59 Å². The fourth-order valence-corrected chi connectivity index (χ4v) is 6.54. The molecule has 5 aromatic rings. The number of carbonyl (C=O) groups excluding carboxylic acids is 2. The molecule has 2 aliphatic rings. The molecule has 4 aromatic carbocycles. The number of ether oxygens (including phenoxy) is 2. The molecule has 0 bridgehead atoms. The van der Waals surface area contributed by atoms with Crippen LogP contribution in [-0.4, -0.2) is 35.0 Å². The SMILES string of the molecule is COCCn1c(Cc2c(F)cc(-c3cccc4c3OC3(c5ccc(Cl)cc5)CCC(=O)N43)cc2F)nc2ccc(C(C)=O)cc21. The first-order valence-electron chi connectivity index (χ1n) is 14.6. The van der Waals surface area contributed by atoms with E-state index >= 15 is 8.78 Å². The molecule has 3 heterocycles. The first-order chi connectivity index (χ1) is 21.7. The third kappa shape index (κ3) is 4.78. The van der Waals surface area contributed by atoms with Crippen molar-refractivity contribution < 1.29 is 27.8 Å². The summed E-state index contributed by atoms with van der Waals surface area (Å²) in [6.07, 6.45) is 0.605. The Hall–Kier alpha value is -4.60. The standard InChI is InChI=1S/C35H28ClF2N3O4/c1-20(42)21-6-11-29-31(18-21)40(14-15-44-2)32(39-29)19-26-27(37)16-22(17-28(26)38)25-4-3-5-30-34(25)45-35(13-12-33(43)41(30)35)23-7-9-24(36)10-8-23/h3-11,16-18H,12-15,19H2,1-2H3. The van der Waals surface area contributed by atoms with Gasteiger partial charge in [0.2, 0.25) is 11.6 Å². The van der Waals surface area contributed by atoms with Gasteiger partial charge in [-0.1, -0.05) is 35.9 Å². The Morgan fingerprint density at radius 1 is 1.07 bits per heavy atom. The number of para-hydroxylation sites is 1. The summed E-state index contributed by atoms with van der Waals surface area (Å²) in [5.41, 5.74) is 2.68. The van der Waals surface area contributed by atoms with E-state index in [0.717, 1.165) is 5.56 Å². The zero-order chi connectivity index (χ0) is 31.5. The summed E-state index contributed by atoms with van der Waals surface area (Å²) in [7, 11) is 1.57. The monoisotopic (exact) mass is 627 g/mol. The van der Waals surface area contributed by atoms with Crippen molar-refractivity contribution in [2.45, 2.75) is 38.5 Å². The number of amides is 1. The zero-order valence-electron chi connectivity index (χ0n) is 24.6. The van der Waals surface area contributed by atoms with Gasteiger partial charge in [0.05, 0.1) is 23.3 Å². The Kier molecular flexibility index (Phi) is 7.17. The number of ketones is 1. The van der Waals surface area contributed by atoms with Crippen molar-refractivity contribution in [1.29, 1.82) is 0 Å². The Morgan fingerprint density at radius 3 is 2.53 bits per heavy atom. The fourth-order valence-electron chi connectivity index (χ4n) is 6.42. The van der Waals surface area contributed by atoms with Gasteiger partial charge in [0.15, 0.2) is 11.5 Å². The van der Waals surface area contributed by atoms with E-state index in [1.165, 1.54) is 19.1 Å². The highest BCUT2D eigenvalue weighted by Crippen LogP contribution is 2.56. The Labute approximate surface area is 263 Å². The minimum Gasteiger partial charge on any atom is -0.460 e. The van der Waals surface area contributed by atoms with Crippen LogP contribution in [-0.2, 0) is 28.2 Å². The van der Waals surface area contributed by atoms with Crippen LogP contribution in [0.2, 0.25) is 5.02 Å². The highest BCUT2D eigenvalue weighted by Gasteiger charge is 2.55. The minimum absolute atomic E-state index is 0.0918. The van der Waals surface area contributed by atoms with E-state index in [2.05, 4.69) is 4.98 Å². The summed E-state index contributed by atoms with van der Waals surface area (Å²) >= 11 is 6.13. The molecule has 228 valence electrons. The minimum atomic E-state index is -1.07. The summed E-state index contributed by atoms with van der Waals surface area (Å²) in [6, 6.07) is 20.1. The number of nitrogens with zero attached hydrogens (tertiary/aromatic N) is 3. The molecule has 1 aromatic heterocycles. The maximum absolute atomic E-state index is 15.8. The molecular weight excluding hydrogens is 600 g/mol. The quantitative estimate of drug-likeness (QED) is 0.167. The number of carbonyl (C=O) groups is 2. The summed E-state index contributed by atoms with van der Waals surface area (Å²) in [5.74, 6) is -0.832. The Bertz CT molecular complexity index is 1990. The molecule has 0 spiro atoms. The molecule has 45 heavy (non-hydrogen) atoms. The Balaban J connectivity index is 1.27. The van der Waals surface area contributed by atoms with Crippen molar-refractivity contribution in [3.63, 3.8) is 0 Å². The van der Waals surface area contributed by atoms with Gasteiger partial charge in [-0.2, -0.15) is 0 Å². The second-order valence-electron chi connectivity index (χ2n) is 11.3. The van der Waals surface area contributed by atoms with Crippen LogP contribution in [0.25, 0.3) is 22.2 Å². The third-order valence-corrected chi connectivity index (χ3v) is 8.88. The zero-order valence-corrected chi connectivity index (χ0v) is 25.3. The Morgan fingerprint density at radius 2 is 1.82 bits per heavy atom. The maximum Gasteiger partial charge on any atom is 0.230 e. The molecule has 1 saturated heterocycles. The molecular formula is C35H28ClF2N3O4. The van der Waals surface area contributed by atoms with E-state index in [-0.39, 0.29) is 29.2 Å². The first-order valence-corrected chi connectivity index (χ1v) is 15.0. The molecule has 0 saturated carbocycles. The number of Topliss-reactive ketones (excluding diaryl/α,β-unsaturated/α-hetero) is 1. The molecule has 0 radical (unpaired) electrons. The fraction of sp³-hybridized carbons (Fsp3) is 0.229. The number of aromatic nitrogens is 2. The maximum atomic E-state index is 15.8. The highest BCUT2D eigenvalue weighted by molar-refractivity contribution is 6.30. The topological polar surface area (TPSA) is 73.7 Å². The molecule has 10 heteroatoms. The van der Waals surface area contributed by atoms with Gasteiger partial charge in [0.25, 0.3) is 0 Å². The van der Waals surface area contributed by atoms with Gasteiger partial charge >= 0.3 is 0 Å². The normalized spacial score (nSPS) is 17.1. The van der Waals surface area contributed by atoms with Crippen molar-refractivity contribution >= 4 is 40.0 Å². The van der Waals surface area contributed by atoms with Crippen molar-refractivity contribution in [3.05, 3.63) is 112 Å². The molecule has 1 amide bonds. The van der Waals surface area contributed by atoms with E-state index in [1.54, 1.807) is 60.5 Å². The number of halogens is 3. The molecule has 1 atom stereocenters. The molecule has 1 unspecified atom stereocenters. The average molecular weight is 628 g/mol. The lowest BCUT2D eigenvalue weighted by Gasteiger charge is -2.31. The van der Waals surface area contributed by atoms with Gasteiger partial charge in [0.1, 0.15) is 17.5 Å². The second-order valence-corrected chi connectivity index (χ2v) is 11.7. The summed E-state index contributed by atoms with van der Waals surface area (Å²) in [5, 5.41) is 0.559. The number of rotatable bonds is 8. The van der Waals surface area contributed by atoms with Crippen LogP contribution in [0.3, 0.4) is 0 Å². The lowest BCUT2D eigenvalue weighted by Crippen LogP contribution is -2.43. The van der Waals surface area contributed by atoms with Crippen LogP contribution >= 0.6 is 11.6 Å². The lowest BCUT2D eigenvalue weighted by atomic mass is 9.99. The highest BCUT2D eigenvalue weighted by atomic mass is 35.5. The van der Waals surface area contributed by atoms with Gasteiger partial charge in [-0.3, -0.25) is 14.5 Å². The number of fused-ring (bicyclic) bond motifs is 4. The lowest BCUT2D eigenvalue weighted by molar-refractivity contribution is -0.117. The van der Waals surface area contributed by atoms with E-state index < -0.39 is 17.4 Å². The molecule has 1 fully saturated rings. The van der Waals surface area contributed by atoms with Crippen LogP contribution in [0.15, 0.2) is 72.8 Å². The van der Waals surface area contributed by atoms with E-state index in [0.29, 0.717) is 70.4 Å². The summed E-state index contributed by atoms with van der Waals surface area (Å²) in [4.78, 5) is 31.4. The molecule has 7 rings (SSSR count). The number of hydrogen-bond donors (Lipinski definition) is 0. The largest absolute Gasteiger partial charge is 0.460 e. The molecule has 2 aliphatic heterocycles. The number of hydrogen-bond acceptors (Lipinski definition) is 5. The van der Waals surface area contributed by atoms with Crippen molar-refractivity contribution in [1.82, 2.24) is 9.55 Å². The average Bonchev–Trinajstić information content (AvgIpc) is 3.66.